The number of fused-ring (bicyclic) bond motifs is 33. The van der Waals surface area contributed by atoms with E-state index in [1.54, 1.807) is 0 Å². The van der Waals surface area contributed by atoms with Crippen molar-refractivity contribution in [2.24, 2.45) is 4.40 Å². The maximum Gasteiger partial charge on any atom is 0.121 e. The molecule has 0 aliphatic heterocycles. The second kappa shape index (κ2) is 27.5. The highest BCUT2D eigenvalue weighted by Gasteiger charge is 2.55. The standard InChI is InChI=1S/C123H76N4S/c124-119-89(66-69-118(120(119)125-128)126(86-22-2-1-3-23-86)87-59-50-79(51-60-87)85-56-65-101-98-32-12-21-41-112(98)123(115(101)74-85)108-37-17-8-28-94(108)95-29-9-18-38-109(95)123)80-52-61-88(62-53-80)127-116-67-57-81(75-42-46-77(47-43-75)83-54-63-99-96-30-10-19-39-110(96)121(113(99)72-83)104-33-13-4-24-90(104)91-25-5-14-34-105(91)121)70-102(116)103-71-82(58-68-117(103)127)76-44-48-78(49-45-76)84-55-64-100-97-31-11-20-40-111(97)122(114(100)73-84)106-35-15-6-26-92(106)93-27-7-16-36-107(93)122/h1-74,124,128H/b124-119?,125-120-. The molecular formula is C123H76N4S. The second-order valence-corrected chi connectivity index (χ2v) is 35.3. The first kappa shape index (κ1) is 72.4. The highest BCUT2D eigenvalue weighted by Crippen LogP contribution is 2.67. The van der Waals surface area contributed by atoms with E-state index in [0.717, 1.165) is 89.1 Å². The lowest BCUT2D eigenvalue weighted by atomic mass is 9.70. The molecule has 7 aliphatic carbocycles. The molecule has 0 saturated heterocycles. The van der Waals surface area contributed by atoms with Gasteiger partial charge in [-0.05, 0) is 299 Å². The van der Waals surface area contributed by atoms with Crippen LogP contribution >= 0.6 is 12.8 Å². The Balaban J connectivity index is 0.539. The van der Waals surface area contributed by atoms with Crippen LogP contribution in [0.5, 0.6) is 0 Å². The minimum Gasteiger partial charge on any atom is -0.309 e. The molecule has 1 heterocycles. The van der Waals surface area contributed by atoms with Gasteiger partial charge in [0.05, 0.1) is 38.7 Å². The van der Waals surface area contributed by atoms with Crippen LogP contribution in [0.1, 0.15) is 72.3 Å². The molecule has 594 valence electrons. The third-order valence-electron chi connectivity index (χ3n) is 29.3. The maximum atomic E-state index is 10.1. The van der Waals surface area contributed by atoms with Gasteiger partial charge in [0, 0.05) is 33.4 Å². The number of rotatable bonds is 10. The van der Waals surface area contributed by atoms with E-state index in [-0.39, 0.29) is 5.71 Å². The highest BCUT2D eigenvalue weighted by molar-refractivity contribution is 7.79. The predicted octanol–water partition coefficient (Wildman–Crippen LogP) is 30.6. The van der Waals surface area contributed by atoms with Gasteiger partial charge in [-0.2, -0.15) is 0 Å². The molecule has 1 N–H and O–H groups in total. The van der Waals surface area contributed by atoms with Crippen molar-refractivity contribution in [3.05, 3.63) is 527 Å². The average Bonchev–Trinajstić information content (AvgIpc) is 1.52. The Morgan fingerprint density at radius 2 is 0.477 bits per heavy atom. The smallest absolute Gasteiger partial charge is 0.121 e. The van der Waals surface area contributed by atoms with Gasteiger partial charge in [-0.3, -0.25) is 5.41 Å². The van der Waals surface area contributed by atoms with E-state index in [2.05, 4.69) is 457 Å². The van der Waals surface area contributed by atoms with Gasteiger partial charge in [0.25, 0.3) is 0 Å². The molecule has 4 nitrogen and oxygen atoms in total. The fourth-order valence-electron chi connectivity index (χ4n) is 23.9. The Kier molecular flexibility index (Phi) is 15.5. The molecule has 19 aromatic carbocycles. The molecule has 0 bridgehead atoms. The average molecular weight is 1640 g/mol. The molecule has 0 radical (unpaired) electrons. The number of nitrogens with one attached hydrogen (secondary N) is 1. The Hall–Kier alpha value is -16.1. The van der Waals surface area contributed by atoms with Crippen molar-refractivity contribution < 1.29 is 0 Å². The summed E-state index contributed by atoms with van der Waals surface area (Å²) in [4.78, 5) is 2.20. The zero-order valence-electron chi connectivity index (χ0n) is 69.5. The van der Waals surface area contributed by atoms with Crippen LogP contribution < -0.4 is 4.90 Å². The van der Waals surface area contributed by atoms with Crippen LogP contribution in [0.15, 0.2) is 459 Å². The minimum atomic E-state index is -0.444. The van der Waals surface area contributed by atoms with Gasteiger partial charge in [-0.25, -0.2) is 4.40 Å². The van der Waals surface area contributed by atoms with Gasteiger partial charge >= 0.3 is 0 Å². The summed E-state index contributed by atoms with van der Waals surface area (Å²) in [5.74, 6) is 0. The molecule has 20 aromatic rings. The van der Waals surface area contributed by atoms with Gasteiger partial charge in [0.2, 0.25) is 0 Å². The molecule has 7 aliphatic rings. The second-order valence-electron chi connectivity index (χ2n) is 35.1. The first-order valence-corrected chi connectivity index (χ1v) is 44.7. The number of para-hydroxylation sites is 1. The molecule has 1 aromatic heterocycles. The Bertz CT molecular complexity index is 7840. The summed E-state index contributed by atoms with van der Waals surface area (Å²) in [7, 11) is 0. The number of hydrogen-bond acceptors (Lipinski definition) is 4. The minimum absolute atomic E-state index is 0.282. The fourth-order valence-corrected chi connectivity index (χ4v) is 24.1. The number of anilines is 2. The summed E-state index contributed by atoms with van der Waals surface area (Å²) in [5, 5.41) is 12.4. The molecular weight excluding hydrogens is 1570 g/mol. The van der Waals surface area contributed by atoms with Crippen LogP contribution in [-0.4, -0.2) is 16.0 Å². The Labute approximate surface area is 748 Å². The van der Waals surface area contributed by atoms with Crippen LogP contribution in [0.3, 0.4) is 0 Å². The molecule has 27 rings (SSSR count). The van der Waals surface area contributed by atoms with Crippen molar-refractivity contribution in [1.82, 2.24) is 4.57 Å². The third-order valence-corrected chi connectivity index (χ3v) is 29.5. The maximum absolute atomic E-state index is 10.1. The molecule has 0 atom stereocenters. The number of hydrogen-bond donors (Lipinski definition) is 2. The summed E-state index contributed by atoms with van der Waals surface area (Å²) in [6.45, 7) is 0. The SMILES string of the molecule is N=C1C(c2ccc(-n3c4ccc(-c5ccc(-c6ccc7c(c6)C6(c8ccccc8-c8ccccc86)c6ccccc6-7)cc5)cc4c4cc(-c5ccc(-c6ccc7c(c6)C6(c8ccccc8-c8ccccc86)c6ccccc6-7)cc5)ccc43)cc2)=CC=C(N(c2ccccc2)c2ccc(-c3ccc4c(c3)C3(c5ccccc5-c5ccccc53)c3ccccc3-4)cc2)/C1=N/S. The largest absolute Gasteiger partial charge is 0.309 e. The van der Waals surface area contributed by atoms with Crippen molar-refractivity contribution in [2.75, 3.05) is 4.90 Å². The summed E-state index contributed by atoms with van der Waals surface area (Å²) >= 11 is 4.71. The third kappa shape index (κ3) is 9.91. The van der Waals surface area contributed by atoms with Crippen LogP contribution in [0.2, 0.25) is 0 Å². The van der Waals surface area contributed by atoms with Crippen molar-refractivity contribution in [3.8, 4) is 128 Å². The van der Waals surface area contributed by atoms with Crippen LogP contribution in [0.25, 0.3) is 155 Å². The first-order valence-electron chi connectivity index (χ1n) is 44.3. The van der Waals surface area contributed by atoms with E-state index in [4.69, 9.17) is 12.8 Å². The van der Waals surface area contributed by atoms with Crippen LogP contribution in [-0.2, 0) is 16.2 Å². The Morgan fingerprint density at radius 3 is 0.789 bits per heavy atom. The molecule has 128 heavy (non-hydrogen) atoms. The fraction of sp³-hybridized carbons (Fsp3) is 0.0244. The Morgan fingerprint density at radius 1 is 0.227 bits per heavy atom. The first-order chi connectivity index (χ1) is 63.3. The number of benzene rings is 19. The quantitative estimate of drug-likeness (QED) is 0.104. The van der Waals surface area contributed by atoms with Gasteiger partial charge in [0.15, 0.2) is 0 Å². The topological polar surface area (TPSA) is 44.4 Å². The number of allylic oxidation sites excluding steroid dienone is 4. The molecule has 0 fully saturated rings. The molecule has 3 spiro atoms. The van der Waals surface area contributed by atoms with Crippen LogP contribution in [0, 0.1) is 5.41 Å². The van der Waals surface area contributed by atoms with Gasteiger partial charge < -0.3 is 9.47 Å². The summed E-state index contributed by atoms with van der Waals surface area (Å²) in [6.07, 6.45) is 4.17. The highest BCUT2D eigenvalue weighted by atomic mass is 32.1. The summed E-state index contributed by atoms with van der Waals surface area (Å²) < 4.78 is 7.08. The number of aromatic nitrogens is 1. The lowest BCUT2D eigenvalue weighted by Crippen LogP contribution is -2.30. The van der Waals surface area contributed by atoms with E-state index >= 15 is 0 Å². The van der Waals surface area contributed by atoms with Crippen molar-refractivity contribution in [3.63, 3.8) is 0 Å². The monoisotopic (exact) mass is 1640 g/mol. The molecule has 5 heteroatoms. The number of nitrogens with zero attached hydrogens (tertiary/aromatic N) is 3. The molecule has 0 unspecified atom stereocenters. The van der Waals surface area contributed by atoms with Gasteiger partial charge in [-0.1, -0.05) is 358 Å². The van der Waals surface area contributed by atoms with E-state index in [1.807, 2.05) is 6.07 Å². The molecule has 0 amide bonds. The van der Waals surface area contributed by atoms with Gasteiger partial charge in [-0.15, -0.1) is 0 Å². The summed E-state index contributed by atoms with van der Waals surface area (Å²) in [5.41, 5.74) is 50.0. The summed E-state index contributed by atoms with van der Waals surface area (Å²) in [6, 6.07) is 163. The van der Waals surface area contributed by atoms with E-state index < -0.39 is 16.2 Å². The van der Waals surface area contributed by atoms with Crippen molar-refractivity contribution in [2.45, 2.75) is 16.2 Å². The van der Waals surface area contributed by atoms with E-state index in [0.29, 0.717) is 5.71 Å². The number of thiol groups is 1. The lowest BCUT2D eigenvalue weighted by molar-refractivity contribution is 0.794. The normalized spacial score (nSPS) is 14.8. The van der Waals surface area contributed by atoms with E-state index in [9.17, 15) is 5.41 Å². The zero-order valence-corrected chi connectivity index (χ0v) is 70.4. The van der Waals surface area contributed by atoms with Crippen molar-refractivity contribution in [1.29, 1.82) is 5.41 Å². The molecule has 0 saturated carbocycles. The van der Waals surface area contributed by atoms with Gasteiger partial charge in [0.1, 0.15) is 5.71 Å². The zero-order chi connectivity index (χ0) is 84.2. The van der Waals surface area contributed by atoms with Crippen molar-refractivity contribution >= 4 is 63.0 Å². The predicted molar refractivity (Wildman–Crippen MR) is 532 cm³/mol. The van der Waals surface area contributed by atoms with Crippen LogP contribution in [0.4, 0.5) is 11.4 Å². The lowest BCUT2D eigenvalue weighted by Gasteiger charge is -2.31. The van der Waals surface area contributed by atoms with E-state index in [1.165, 1.54) is 156 Å².